The largest absolute Gasteiger partial charge is 0.326 e. The molecule has 1 amide bonds. The summed E-state index contributed by atoms with van der Waals surface area (Å²) in [5.41, 5.74) is 1.31. The average molecular weight is 264 g/mol. The summed E-state index contributed by atoms with van der Waals surface area (Å²) in [6.07, 6.45) is 7.76. The van der Waals surface area contributed by atoms with Crippen molar-refractivity contribution in [3.63, 3.8) is 0 Å². The van der Waals surface area contributed by atoms with Crippen LogP contribution in [0, 0.1) is 18.3 Å². The fraction of sp³-hybridized carbons (Fsp3) is 0.294. The lowest BCUT2D eigenvalue weighted by Gasteiger charge is -2.19. The molecule has 1 aliphatic carbocycles. The summed E-state index contributed by atoms with van der Waals surface area (Å²) in [5.74, 6) is 3.12. The summed E-state index contributed by atoms with van der Waals surface area (Å²) in [6.45, 7) is 1.10. The Morgan fingerprint density at radius 3 is 2.85 bits per heavy atom. The van der Waals surface area contributed by atoms with Crippen molar-refractivity contribution in [1.82, 2.24) is 9.88 Å². The van der Waals surface area contributed by atoms with E-state index in [2.05, 4.69) is 10.9 Å². The highest BCUT2D eigenvalue weighted by molar-refractivity contribution is 5.95. The Bertz CT molecular complexity index is 683. The van der Waals surface area contributed by atoms with Gasteiger partial charge in [0.1, 0.15) is 5.69 Å². The van der Waals surface area contributed by atoms with E-state index in [0.717, 1.165) is 17.4 Å². The van der Waals surface area contributed by atoms with Gasteiger partial charge in [-0.3, -0.25) is 4.79 Å². The van der Waals surface area contributed by atoms with Crippen LogP contribution in [0.4, 0.5) is 0 Å². The lowest BCUT2D eigenvalue weighted by molar-refractivity contribution is 0.0764. The van der Waals surface area contributed by atoms with Crippen LogP contribution >= 0.6 is 0 Å². The van der Waals surface area contributed by atoms with Gasteiger partial charge < -0.3 is 4.90 Å². The number of carbonyl (C=O) groups excluding carboxylic acids is 1. The number of benzene rings is 1. The Morgan fingerprint density at radius 2 is 2.10 bits per heavy atom. The van der Waals surface area contributed by atoms with Crippen LogP contribution in [0.15, 0.2) is 36.4 Å². The maximum Gasteiger partial charge on any atom is 0.273 e. The van der Waals surface area contributed by atoms with Crippen molar-refractivity contribution < 1.29 is 4.79 Å². The molecule has 0 bridgehead atoms. The molecule has 1 fully saturated rings. The third-order valence-electron chi connectivity index (χ3n) is 3.56. The molecular formula is C17H16N2O. The Labute approximate surface area is 118 Å². The molecule has 2 aromatic rings. The van der Waals surface area contributed by atoms with Crippen LogP contribution in [0.3, 0.4) is 0 Å². The maximum absolute atomic E-state index is 12.5. The highest BCUT2D eigenvalue weighted by Crippen LogP contribution is 2.30. The molecule has 3 nitrogen and oxygen atoms in total. The SMILES string of the molecule is C#CCN(CC1CC1)C(=O)c1ccc2ccccc2n1. The van der Waals surface area contributed by atoms with Crippen LogP contribution in [0.1, 0.15) is 23.3 Å². The van der Waals surface area contributed by atoms with Gasteiger partial charge in [-0.25, -0.2) is 4.98 Å². The first-order valence-corrected chi connectivity index (χ1v) is 6.86. The summed E-state index contributed by atoms with van der Waals surface area (Å²) >= 11 is 0. The lowest BCUT2D eigenvalue weighted by atomic mass is 10.2. The zero-order valence-electron chi connectivity index (χ0n) is 11.2. The number of fused-ring (bicyclic) bond motifs is 1. The van der Waals surface area contributed by atoms with E-state index in [0.29, 0.717) is 18.2 Å². The van der Waals surface area contributed by atoms with Gasteiger partial charge in [0.2, 0.25) is 0 Å². The standard InChI is InChI=1S/C17H16N2O/c1-2-11-19(12-13-7-8-13)17(20)16-10-9-14-5-3-4-6-15(14)18-16/h1,3-6,9-10,13H,7-8,11-12H2. The number of hydrogen-bond donors (Lipinski definition) is 0. The number of hydrogen-bond acceptors (Lipinski definition) is 2. The molecule has 1 aromatic carbocycles. The van der Waals surface area contributed by atoms with E-state index in [4.69, 9.17) is 6.42 Å². The fourth-order valence-electron chi connectivity index (χ4n) is 2.29. The van der Waals surface area contributed by atoms with E-state index >= 15 is 0 Å². The van der Waals surface area contributed by atoms with Crippen LogP contribution in [0.25, 0.3) is 10.9 Å². The first kappa shape index (κ1) is 12.7. The van der Waals surface area contributed by atoms with Crippen LogP contribution in [-0.4, -0.2) is 28.9 Å². The minimum absolute atomic E-state index is 0.0689. The molecule has 0 spiro atoms. The molecule has 1 saturated carbocycles. The minimum atomic E-state index is -0.0689. The van der Waals surface area contributed by atoms with Crippen molar-refractivity contribution in [1.29, 1.82) is 0 Å². The number of pyridine rings is 1. The molecule has 100 valence electrons. The minimum Gasteiger partial charge on any atom is -0.326 e. The molecule has 0 atom stereocenters. The number of carbonyl (C=O) groups is 1. The van der Waals surface area contributed by atoms with Gasteiger partial charge in [-0.05, 0) is 30.9 Å². The average Bonchev–Trinajstić information content (AvgIpc) is 3.29. The predicted molar refractivity (Wildman–Crippen MR) is 79.2 cm³/mol. The second kappa shape index (κ2) is 5.34. The number of aromatic nitrogens is 1. The molecule has 1 aliphatic rings. The molecule has 1 aromatic heterocycles. The molecule has 0 N–H and O–H groups in total. The van der Waals surface area contributed by atoms with E-state index in [1.165, 1.54) is 12.8 Å². The van der Waals surface area contributed by atoms with Gasteiger partial charge in [0.25, 0.3) is 5.91 Å². The third-order valence-corrected chi connectivity index (χ3v) is 3.56. The Kier molecular flexibility index (Phi) is 3.39. The van der Waals surface area contributed by atoms with Gasteiger partial charge in [-0.1, -0.05) is 30.2 Å². The molecular weight excluding hydrogens is 248 g/mol. The zero-order valence-corrected chi connectivity index (χ0v) is 11.2. The predicted octanol–water partition coefficient (Wildman–Crippen LogP) is 2.72. The fourth-order valence-corrected chi connectivity index (χ4v) is 2.29. The molecule has 1 heterocycles. The maximum atomic E-state index is 12.5. The number of amides is 1. The van der Waals surface area contributed by atoms with Gasteiger partial charge in [-0.15, -0.1) is 6.42 Å². The van der Waals surface area contributed by atoms with Gasteiger partial charge in [0, 0.05) is 11.9 Å². The lowest BCUT2D eigenvalue weighted by Crippen LogP contribution is -2.33. The van der Waals surface area contributed by atoms with Crippen molar-refractivity contribution in [2.24, 2.45) is 5.92 Å². The first-order chi connectivity index (χ1) is 9.78. The van der Waals surface area contributed by atoms with Gasteiger partial charge in [-0.2, -0.15) is 0 Å². The van der Waals surface area contributed by atoms with Gasteiger partial charge in [0.05, 0.1) is 12.1 Å². The van der Waals surface area contributed by atoms with Gasteiger partial charge >= 0.3 is 0 Å². The number of para-hydroxylation sites is 1. The van der Waals surface area contributed by atoms with Crippen molar-refractivity contribution in [3.8, 4) is 12.3 Å². The molecule has 0 unspecified atom stereocenters. The summed E-state index contributed by atoms with van der Waals surface area (Å²) in [4.78, 5) is 18.7. The Balaban J connectivity index is 1.87. The third kappa shape index (κ3) is 2.65. The molecule has 0 radical (unpaired) electrons. The number of nitrogens with zero attached hydrogens (tertiary/aromatic N) is 2. The second-order valence-corrected chi connectivity index (χ2v) is 5.22. The zero-order chi connectivity index (χ0) is 13.9. The van der Waals surface area contributed by atoms with Crippen LogP contribution in [-0.2, 0) is 0 Å². The van der Waals surface area contributed by atoms with Crippen molar-refractivity contribution in [2.45, 2.75) is 12.8 Å². The second-order valence-electron chi connectivity index (χ2n) is 5.22. The van der Waals surface area contributed by atoms with Gasteiger partial charge in [0.15, 0.2) is 0 Å². The van der Waals surface area contributed by atoms with Crippen LogP contribution in [0.5, 0.6) is 0 Å². The van der Waals surface area contributed by atoms with E-state index in [-0.39, 0.29) is 5.91 Å². The van der Waals surface area contributed by atoms with Crippen molar-refractivity contribution >= 4 is 16.8 Å². The Hall–Kier alpha value is -2.34. The summed E-state index contributed by atoms with van der Waals surface area (Å²) in [7, 11) is 0. The van der Waals surface area contributed by atoms with Crippen molar-refractivity contribution in [2.75, 3.05) is 13.1 Å². The van der Waals surface area contributed by atoms with E-state index in [9.17, 15) is 4.79 Å². The normalized spacial score (nSPS) is 13.9. The molecule has 3 rings (SSSR count). The molecule has 3 heteroatoms. The summed E-state index contributed by atoms with van der Waals surface area (Å²) in [5, 5.41) is 1.04. The molecule has 20 heavy (non-hydrogen) atoms. The highest BCUT2D eigenvalue weighted by atomic mass is 16.2. The van der Waals surface area contributed by atoms with E-state index in [1.54, 1.807) is 11.0 Å². The van der Waals surface area contributed by atoms with E-state index in [1.807, 2.05) is 30.3 Å². The smallest absolute Gasteiger partial charge is 0.273 e. The first-order valence-electron chi connectivity index (χ1n) is 6.86. The molecule has 0 aliphatic heterocycles. The number of terminal acetylenes is 1. The summed E-state index contributed by atoms with van der Waals surface area (Å²) in [6, 6.07) is 11.5. The van der Waals surface area contributed by atoms with E-state index < -0.39 is 0 Å². The topological polar surface area (TPSA) is 33.2 Å². The summed E-state index contributed by atoms with van der Waals surface area (Å²) < 4.78 is 0. The Morgan fingerprint density at radius 1 is 1.30 bits per heavy atom. The van der Waals surface area contributed by atoms with Crippen LogP contribution < -0.4 is 0 Å². The quantitative estimate of drug-likeness (QED) is 0.795. The highest BCUT2D eigenvalue weighted by Gasteiger charge is 2.27. The van der Waals surface area contributed by atoms with Crippen molar-refractivity contribution in [3.05, 3.63) is 42.1 Å². The monoisotopic (exact) mass is 264 g/mol. The number of rotatable bonds is 4. The molecule has 0 saturated heterocycles. The van der Waals surface area contributed by atoms with Crippen LogP contribution in [0.2, 0.25) is 0 Å².